The predicted octanol–water partition coefficient (Wildman–Crippen LogP) is 5.35. The summed E-state index contributed by atoms with van der Waals surface area (Å²) in [4.78, 5) is 15.1. The SMILES string of the molecule is CCN(CC)c1ccc(CNC(=O)CN(c2cc(Cl)cc(Cl)c2)S(=O)(=O)c2ccccc2)cc1. The van der Waals surface area contributed by atoms with E-state index in [0.717, 1.165) is 28.6 Å². The van der Waals surface area contributed by atoms with E-state index in [1.807, 2.05) is 24.3 Å². The summed E-state index contributed by atoms with van der Waals surface area (Å²) in [6.45, 7) is 5.86. The van der Waals surface area contributed by atoms with Crippen LogP contribution in [0.15, 0.2) is 77.7 Å². The van der Waals surface area contributed by atoms with Crippen LogP contribution in [0.4, 0.5) is 11.4 Å². The molecule has 1 N–H and O–H groups in total. The molecule has 9 heteroatoms. The molecule has 0 unspecified atom stereocenters. The summed E-state index contributed by atoms with van der Waals surface area (Å²) in [5.41, 5.74) is 2.23. The fourth-order valence-corrected chi connectivity index (χ4v) is 5.46. The maximum atomic E-state index is 13.4. The zero-order chi connectivity index (χ0) is 24.7. The molecule has 180 valence electrons. The third-order valence-corrected chi connectivity index (χ3v) is 7.53. The Morgan fingerprint density at radius 2 is 1.44 bits per heavy atom. The van der Waals surface area contributed by atoms with Crippen molar-refractivity contribution in [1.29, 1.82) is 0 Å². The maximum absolute atomic E-state index is 13.4. The molecule has 0 aliphatic carbocycles. The van der Waals surface area contributed by atoms with E-state index in [1.54, 1.807) is 18.2 Å². The zero-order valence-corrected chi connectivity index (χ0v) is 21.4. The van der Waals surface area contributed by atoms with Crippen LogP contribution in [0.2, 0.25) is 10.0 Å². The van der Waals surface area contributed by atoms with E-state index in [2.05, 4.69) is 24.1 Å². The molecule has 0 aliphatic rings. The van der Waals surface area contributed by atoms with Gasteiger partial charge < -0.3 is 10.2 Å². The van der Waals surface area contributed by atoms with Gasteiger partial charge in [0.05, 0.1) is 10.6 Å². The van der Waals surface area contributed by atoms with Gasteiger partial charge in [-0.15, -0.1) is 0 Å². The van der Waals surface area contributed by atoms with Crippen LogP contribution in [0.1, 0.15) is 19.4 Å². The first kappa shape index (κ1) is 25.9. The fourth-order valence-electron chi connectivity index (χ4n) is 3.52. The second-order valence-electron chi connectivity index (χ2n) is 7.57. The van der Waals surface area contributed by atoms with E-state index in [1.165, 1.54) is 30.3 Å². The van der Waals surface area contributed by atoms with Crippen LogP contribution >= 0.6 is 23.2 Å². The van der Waals surface area contributed by atoms with Crippen molar-refractivity contribution >= 4 is 50.5 Å². The maximum Gasteiger partial charge on any atom is 0.264 e. The standard InChI is InChI=1S/C25H27Cl2N3O3S/c1-3-29(4-2)22-12-10-19(11-13-22)17-28-25(31)18-30(23-15-20(26)14-21(27)16-23)34(32,33)24-8-6-5-7-9-24/h5-16H,3-4,17-18H2,1-2H3,(H,28,31). The number of nitrogens with zero attached hydrogens (tertiary/aromatic N) is 2. The number of hydrogen-bond donors (Lipinski definition) is 1. The van der Waals surface area contributed by atoms with Gasteiger partial charge in [0.2, 0.25) is 5.91 Å². The van der Waals surface area contributed by atoms with Crippen molar-refractivity contribution < 1.29 is 13.2 Å². The lowest BCUT2D eigenvalue weighted by Crippen LogP contribution is -2.40. The quantitative estimate of drug-likeness (QED) is 0.391. The number of nitrogens with one attached hydrogen (secondary N) is 1. The van der Waals surface area contributed by atoms with Gasteiger partial charge in [-0.1, -0.05) is 53.5 Å². The second kappa shape index (κ2) is 11.6. The number of carbonyl (C=O) groups is 1. The van der Waals surface area contributed by atoms with E-state index in [0.29, 0.717) is 0 Å². The van der Waals surface area contributed by atoms with Crippen molar-refractivity contribution in [2.24, 2.45) is 0 Å². The lowest BCUT2D eigenvalue weighted by Gasteiger charge is -2.24. The molecule has 0 bridgehead atoms. The average Bonchev–Trinajstić information content (AvgIpc) is 2.82. The number of halogens is 2. The van der Waals surface area contributed by atoms with E-state index >= 15 is 0 Å². The molecule has 1 amide bonds. The predicted molar refractivity (Wildman–Crippen MR) is 139 cm³/mol. The normalized spacial score (nSPS) is 11.2. The third kappa shape index (κ3) is 6.44. The summed E-state index contributed by atoms with van der Waals surface area (Å²) in [7, 11) is -4.04. The summed E-state index contributed by atoms with van der Waals surface area (Å²) in [5.74, 6) is -0.455. The van der Waals surface area contributed by atoms with Gasteiger partial charge in [-0.2, -0.15) is 0 Å². The Morgan fingerprint density at radius 1 is 0.853 bits per heavy atom. The Hall–Kier alpha value is -2.74. The summed E-state index contributed by atoms with van der Waals surface area (Å²) in [6, 6.07) is 20.3. The molecule has 0 aliphatic heterocycles. The highest BCUT2D eigenvalue weighted by molar-refractivity contribution is 7.92. The molecular weight excluding hydrogens is 493 g/mol. The number of sulfonamides is 1. The van der Waals surface area contributed by atoms with Crippen molar-refractivity contribution in [1.82, 2.24) is 5.32 Å². The van der Waals surface area contributed by atoms with Gasteiger partial charge in [-0.3, -0.25) is 9.10 Å². The molecule has 0 saturated carbocycles. The number of amides is 1. The van der Waals surface area contributed by atoms with Crippen molar-refractivity contribution in [2.45, 2.75) is 25.3 Å². The smallest absolute Gasteiger partial charge is 0.264 e. The minimum atomic E-state index is -4.04. The number of anilines is 2. The molecule has 34 heavy (non-hydrogen) atoms. The average molecular weight is 520 g/mol. The molecule has 3 aromatic carbocycles. The lowest BCUT2D eigenvalue weighted by atomic mass is 10.2. The van der Waals surface area contributed by atoms with E-state index < -0.39 is 22.5 Å². The molecule has 0 atom stereocenters. The molecule has 0 radical (unpaired) electrons. The van der Waals surface area contributed by atoms with Crippen LogP contribution in [0.25, 0.3) is 0 Å². The fraction of sp³-hybridized carbons (Fsp3) is 0.240. The molecule has 0 saturated heterocycles. The largest absolute Gasteiger partial charge is 0.372 e. The summed E-state index contributed by atoms with van der Waals surface area (Å²) >= 11 is 12.2. The Kier molecular flexibility index (Phi) is 8.83. The molecule has 3 rings (SSSR count). The van der Waals surface area contributed by atoms with E-state index in [9.17, 15) is 13.2 Å². The van der Waals surface area contributed by atoms with Crippen LogP contribution in [0, 0.1) is 0 Å². The Balaban J connectivity index is 1.79. The van der Waals surface area contributed by atoms with Gasteiger partial charge in [0, 0.05) is 35.4 Å². The minimum Gasteiger partial charge on any atom is -0.372 e. The zero-order valence-electron chi connectivity index (χ0n) is 19.0. The van der Waals surface area contributed by atoms with E-state index in [-0.39, 0.29) is 27.2 Å². The number of rotatable bonds is 10. The lowest BCUT2D eigenvalue weighted by molar-refractivity contribution is -0.119. The van der Waals surface area contributed by atoms with E-state index in [4.69, 9.17) is 23.2 Å². The van der Waals surface area contributed by atoms with Gasteiger partial charge in [-0.25, -0.2) is 8.42 Å². The van der Waals surface area contributed by atoms with Gasteiger partial charge in [0.15, 0.2) is 0 Å². The minimum absolute atomic E-state index is 0.0610. The number of benzene rings is 3. The van der Waals surface area contributed by atoms with Crippen molar-refractivity contribution in [2.75, 3.05) is 28.8 Å². The second-order valence-corrected chi connectivity index (χ2v) is 10.3. The Labute approximate surface area is 211 Å². The summed E-state index contributed by atoms with van der Waals surface area (Å²) in [6.07, 6.45) is 0. The summed E-state index contributed by atoms with van der Waals surface area (Å²) in [5, 5.41) is 3.34. The van der Waals surface area contributed by atoms with Crippen LogP contribution in [0.3, 0.4) is 0 Å². The van der Waals surface area contributed by atoms with Crippen molar-refractivity contribution in [3.05, 3.63) is 88.4 Å². The highest BCUT2D eigenvalue weighted by Crippen LogP contribution is 2.29. The summed E-state index contributed by atoms with van der Waals surface area (Å²) < 4.78 is 27.8. The topological polar surface area (TPSA) is 69.7 Å². The molecule has 0 spiro atoms. The molecule has 0 aromatic heterocycles. The Morgan fingerprint density at radius 3 is 2.00 bits per heavy atom. The first-order chi connectivity index (χ1) is 16.2. The molecular formula is C25H27Cl2N3O3S. The van der Waals surface area contributed by atoms with Crippen LogP contribution in [0.5, 0.6) is 0 Å². The van der Waals surface area contributed by atoms with Crippen molar-refractivity contribution in [3.8, 4) is 0 Å². The first-order valence-electron chi connectivity index (χ1n) is 10.9. The van der Waals surface area contributed by atoms with Gasteiger partial charge in [0.25, 0.3) is 10.0 Å². The van der Waals surface area contributed by atoms with Crippen LogP contribution < -0.4 is 14.5 Å². The number of hydrogen-bond acceptors (Lipinski definition) is 4. The monoisotopic (exact) mass is 519 g/mol. The molecule has 0 heterocycles. The third-order valence-electron chi connectivity index (χ3n) is 5.31. The van der Waals surface area contributed by atoms with Gasteiger partial charge in [-0.05, 0) is 61.9 Å². The van der Waals surface area contributed by atoms with Crippen molar-refractivity contribution in [3.63, 3.8) is 0 Å². The van der Waals surface area contributed by atoms with Gasteiger partial charge in [0.1, 0.15) is 6.54 Å². The number of carbonyl (C=O) groups excluding carboxylic acids is 1. The highest BCUT2D eigenvalue weighted by Gasteiger charge is 2.27. The first-order valence-corrected chi connectivity index (χ1v) is 13.1. The van der Waals surface area contributed by atoms with Crippen LogP contribution in [-0.4, -0.2) is 34.0 Å². The van der Waals surface area contributed by atoms with Gasteiger partial charge >= 0.3 is 0 Å². The molecule has 3 aromatic rings. The molecule has 0 fully saturated rings. The Bertz CT molecular complexity index is 1200. The highest BCUT2D eigenvalue weighted by atomic mass is 35.5. The molecule has 6 nitrogen and oxygen atoms in total. The van der Waals surface area contributed by atoms with Crippen LogP contribution in [-0.2, 0) is 21.4 Å².